The summed E-state index contributed by atoms with van der Waals surface area (Å²) in [7, 11) is 0. The third-order valence-electron chi connectivity index (χ3n) is 3.58. The van der Waals surface area contributed by atoms with E-state index in [0.717, 1.165) is 22.2 Å². The van der Waals surface area contributed by atoms with E-state index >= 15 is 0 Å². The Morgan fingerprint density at radius 3 is 2.59 bits per heavy atom. The van der Waals surface area contributed by atoms with Crippen molar-refractivity contribution in [2.75, 3.05) is 29.7 Å². The number of fused-ring (bicyclic) bond motifs is 1. The van der Waals surface area contributed by atoms with Crippen molar-refractivity contribution in [2.45, 2.75) is 12.5 Å². The van der Waals surface area contributed by atoms with E-state index in [-0.39, 0.29) is 6.42 Å². The molecule has 0 radical (unpaired) electrons. The van der Waals surface area contributed by atoms with Gasteiger partial charge < -0.3 is 20.7 Å². The number of aromatic amines is 1. The second-order valence-electron chi connectivity index (χ2n) is 5.06. The summed E-state index contributed by atoms with van der Waals surface area (Å²) in [4.78, 5) is 16.2. The van der Waals surface area contributed by atoms with Crippen molar-refractivity contribution in [3.05, 3.63) is 30.0 Å². The maximum Gasteiger partial charge on any atom is 0.320 e. The molecule has 0 spiro atoms. The number of aliphatic carboxylic acids is 1. The number of anilines is 1. The lowest BCUT2D eigenvalue weighted by Crippen LogP contribution is -2.32. The SMILES string of the molecule is N[C@@H](Cc1c[nH]c2ccc(N(CCCl)CCCl)cc12)C(=O)O. The Balaban J connectivity index is 2.33. The van der Waals surface area contributed by atoms with Gasteiger partial charge in [-0.1, -0.05) is 0 Å². The molecule has 5 nitrogen and oxygen atoms in total. The second-order valence-corrected chi connectivity index (χ2v) is 5.81. The number of carboxylic acids is 1. The van der Waals surface area contributed by atoms with E-state index in [4.69, 9.17) is 34.0 Å². The first-order valence-corrected chi connectivity index (χ1v) is 8.09. The summed E-state index contributed by atoms with van der Waals surface area (Å²) in [5.41, 5.74) is 8.49. The van der Waals surface area contributed by atoms with Crippen molar-refractivity contribution in [1.29, 1.82) is 0 Å². The Kier molecular flexibility index (Phi) is 5.94. The van der Waals surface area contributed by atoms with Crippen molar-refractivity contribution in [3.8, 4) is 0 Å². The fourth-order valence-electron chi connectivity index (χ4n) is 2.43. The summed E-state index contributed by atoms with van der Waals surface area (Å²) in [6, 6.07) is 5.08. The van der Waals surface area contributed by atoms with Crippen LogP contribution in [0.5, 0.6) is 0 Å². The molecule has 2 aromatic rings. The molecule has 0 aliphatic rings. The smallest absolute Gasteiger partial charge is 0.320 e. The molecule has 0 unspecified atom stereocenters. The predicted octanol–water partition coefficient (Wildman–Crippen LogP) is 2.41. The number of nitrogens with one attached hydrogen (secondary N) is 1. The van der Waals surface area contributed by atoms with E-state index in [1.165, 1.54) is 0 Å². The topological polar surface area (TPSA) is 82.4 Å². The number of carbonyl (C=O) groups is 1. The largest absolute Gasteiger partial charge is 0.480 e. The molecule has 4 N–H and O–H groups in total. The van der Waals surface area contributed by atoms with Gasteiger partial charge in [-0.2, -0.15) is 0 Å². The molecule has 7 heteroatoms. The highest BCUT2D eigenvalue weighted by Gasteiger charge is 2.16. The first-order chi connectivity index (χ1) is 10.6. The van der Waals surface area contributed by atoms with Crippen LogP contribution in [0, 0.1) is 0 Å². The number of hydrogen-bond donors (Lipinski definition) is 3. The molecule has 22 heavy (non-hydrogen) atoms. The second kappa shape index (κ2) is 7.72. The van der Waals surface area contributed by atoms with Crippen LogP contribution in [0.3, 0.4) is 0 Å². The summed E-state index contributed by atoms with van der Waals surface area (Å²) < 4.78 is 0. The van der Waals surface area contributed by atoms with Crippen molar-refractivity contribution in [1.82, 2.24) is 4.98 Å². The number of carboxylic acid groups (broad SMARTS) is 1. The van der Waals surface area contributed by atoms with E-state index in [0.29, 0.717) is 24.8 Å². The van der Waals surface area contributed by atoms with Gasteiger partial charge in [-0.15, -0.1) is 23.2 Å². The Hall–Kier alpha value is -1.43. The summed E-state index contributed by atoms with van der Waals surface area (Å²) in [5.74, 6) is 0.0221. The van der Waals surface area contributed by atoms with E-state index in [1.54, 1.807) is 0 Å². The van der Waals surface area contributed by atoms with Crippen LogP contribution in [0.15, 0.2) is 24.4 Å². The standard InChI is InChI=1S/C15H19Cl2N3O2/c16-3-5-20(6-4-17)11-1-2-14-12(8-11)10(9-19-14)7-13(18)15(21)22/h1-2,8-9,13,19H,3-7,18H2,(H,21,22)/t13-/m0/s1. The normalized spacial score (nSPS) is 12.5. The number of nitrogens with two attached hydrogens (primary N) is 1. The van der Waals surface area contributed by atoms with Gasteiger partial charge in [0.25, 0.3) is 0 Å². The average molecular weight is 344 g/mol. The molecule has 1 aromatic heterocycles. The van der Waals surface area contributed by atoms with Crippen molar-refractivity contribution >= 4 is 45.8 Å². The van der Waals surface area contributed by atoms with Gasteiger partial charge in [0.2, 0.25) is 0 Å². The maximum absolute atomic E-state index is 10.9. The molecule has 0 saturated carbocycles. The number of nitrogens with zero attached hydrogens (tertiary/aromatic N) is 1. The lowest BCUT2D eigenvalue weighted by molar-refractivity contribution is -0.138. The summed E-state index contributed by atoms with van der Waals surface area (Å²) in [6.07, 6.45) is 2.09. The monoisotopic (exact) mass is 343 g/mol. The fraction of sp³-hybridized carbons (Fsp3) is 0.400. The molecule has 1 heterocycles. The Morgan fingerprint density at radius 2 is 2.00 bits per heavy atom. The van der Waals surface area contributed by atoms with Crippen molar-refractivity contribution < 1.29 is 9.90 Å². The molecular formula is C15H19Cl2N3O2. The highest BCUT2D eigenvalue weighted by Crippen LogP contribution is 2.25. The minimum absolute atomic E-state index is 0.282. The van der Waals surface area contributed by atoms with Gasteiger partial charge in [-0.05, 0) is 23.8 Å². The van der Waals surface area contributed by atoms with Gasteiger partial charge in [0.15, 0.2) is 0 Å². The molecular weight excluding hydrogens is 325 g/mol. The third-order valence-corrected chi connectivity index (χ3v) is 3.92. The predicted molar refractivity (Wildman–Crippen MR) is 91.3 cm³/mol. The van der Waals surface area contributed by atoms with E-state index in [2.05, 4.69) is 9.88 Å². The quantitative estimate of drug-likeness (QED) is 0.642. The Morgan fingerprint density at radius 1 is 1.32 bits per heavy atom. The van der Waals surface area contributed by atoms with Crippen molar-refractivity contribution in [3.63, 3.8) is 0 Å². The Bertz CT molecular complexity index is 639. The molecule has 0 fully saturated rings. The molecule has 2 rings (SSSR count). The highest BCUT2D eigenvalue weighted by atomic mass is 35.5. The zero-order valence-electron chi connectivity index (χ0n) is 12.1. The van der Waals surface area contributed by atoms with Crippen LogP contribution in [0.2, 0.25) is 0 Å². The lowest BCUT2D eigenvalue weighted by atomic mass is 10.0. The van der Waals surface area contributed by atoms with Gasteiger partial charge >= 0.3 is 5.97 Å². The van der Waals surface area contributed by atoms with Crippen LogP contribution in [-0.4, -0.2) is 47.0 Å². The fourth-order valence-corrected chi connectivity index (χ4v) is 2.84. The molecule has 1 aromatic carbocycles. The number of alkyl halides is 2. The van der Waals surface area contributed by atoms with Crippen molar-refractivity contribution in [2.24, 2.45) is 5.73 Å². The van der Waals surface area contributed by atoms with Gasteiger partial charge in [0.1, 0.15) is 6.04 Å². The minimum atomic E-state index is -1.00. The lowest BCUT2D eigenvalue weighted by Gasteiger charge is -2.23. The van der Waals surface area contributed by atoms with Crippen LogP contribution in [0.4, 0.5) is 5.69 Å². The van der Waals surface area contributed by atoms with Gasteiger partial charge in [0.05, 0.1) is 0 Å². The van der Waals surface area contributed by atoms with E-state index in [1.807, 2.05) is 24.4 Å². The number of rotatable bonds is 8. The number of halogens is 2. The van der Waals surface area contributed by atoms with Crippen LogP contribution < -0.4 is 10.6 Å². The summed E-state index contributed by atoms with van der Waals surface area (Å²) in [6.45, 7) is 1.41. The first kappa shape index (κ1) is 16.9. The van der Waals surface area contributed by atoms with E-state index < -0.39 is 12.0 Å². The first-order valence-electron chi connectivity index (χ1n) is 7.02. The summed E-state index contributed by atoms with van der Waals surface area (Å²) >= 11 is 11.7. The van der Waals surface area contributed by atoms with Crippen LogP contribution in [0.25, 0.3) is 10.9 Å². The highest BCUT2D eigenvalue weighted by molar-refractivity contribution is 6.18. The van der Waals surface area contributed by atoms with Crippen LogP contribution in [-0.2, 0) is 11.2 Å². The van der Waals surface area contributed by atoms with Crippen LogP contribution >= 0.6 is 23.2 Å². The number of aromatic nitrogens is 1. The molecule has 120 valence electrons. The molecule has 0 bridgehead atoms. The zero-order valence-corrected chi connectivity index (χ0v) is 13.6. The van der Waals surface area contributed by atoms with Gasteiger partial charge in [0, 0.05) is 54.1 Å². The van der Waals surface area contributed by atoms with Crippen LogP contribution in [0.1, 0.15) is 5.56 Å². The van der Waals surface area contributed by atoms with Gasteiger partial charge in [-0.3, -0.25) is 4.79 Å². The molecule has 1 atom stereocenters. The molecule has 0 saturated heterocycles. The van der Waals surface area contributed by atoms with E-state index in [9.17, 15) is 4.79 Å². The minimum Gasteiger partial charge on any atom is -0.480 e. The average Bonchev–Trinajstić information content (AvgIpc) is 2.89. The molecule has 0 amide bonds. The zero-order chi connectivity index (χ0) is 16.1. The third kappa shape index (κ3) is 3.85. The summed E-state index contributed by atoms with van der Waals surface area (Å²) in [5, 5.41) is 9.94. The molecule has 0 aliphatic heterocycles. The number of benzene rings is 1. The van der Waals surface area contributed by atoms with Gasteiger partial charge in [-0.25, -0.2) is 0 Å². The molecule has 0 aliphatic carbocycles. The Labute approximate surface area is 139 Å². The maximum atomic E-state index is 10.9. The number of H-pyrrole nitrogens is 1. The number of hydrogen-bond acceptors (Lipinski definition) is 3.